The minimum Gasteiger partial charge on any atom is -0.481 e. The number of anilines is 1. The molecule has 1 heterocycles. The summed E-state index contributed by atoms with van der Waals surface area (Å²) < 4.78 is 5.02. The van der Waals surface area contributed by atoms with Crippen molar-refractivity contribution in [2.24, 2.45) is 5.92 Å². The first-order valence-corrected chi connectivity index (χ1v) is 6.90. The number of ether oxygens (including phenoxy) is 1. The number of benzene rings is 1. The Morgan fingerprint density at radius 1 is 1.48 bits per heavy atom. The predicted molar refractivity (Wildman–Crippen MR) is 78.6 cm³/mol. The van der Waals surface area contributed by atoms with Crippen molar-refractivity contribution in [2.75, 3.05) is 31.7 Å². The minimum absolute atomic E-state index is 0.166. The SMILES string of the molecule is COCC(C)CNC(=O)N1CC(C(=O)O)c2ccccc21. The molecule has 0 aromatic heterocycles. The van der Waals surface area contributed by atoms with Crippen LogP contribution in [-0.4, -0.2) is 43.9 Å². The third-order valence-electron chi connectivity index (χ3n) is 3.56. The van der Waals surface area contributed by atoms with Gasteiger partial charge < -0.3 is 15.2 Å². The zero-order valence-corrected chi connectivity index (χ0v) is 12.2. The molecule has 114 valence electrons. The first-order valence-electron chi connectivity index (χ1n) is 6.90. The number of hydrogen-bond acceptors (Lipinski definition) is 3. The van der Waals surface area contributed by atoms with Crippen LogP contribution < -0.4 is 10.2 Å². The van der Waals surface area contributed by atoms with Gasteiger partial charge in [-0.1, -0.05) is 25.1 Å². The lowest BCUT2D eigenvalue weighted by Gasteiger charge is -2.20. The zero-order chi connectivity index (χ0) is 15.4. The number of urea groups is 1. The number of hydrogen-bond donors (Lipinski definition) is 2. The van der Waals surface area contributed by atoms with Crippen molar-refractivity contribution in [3.63, 3.8) is 0 Å². The van der Waals surface area contributed by atoms with Crippen molar-refractivity contribution < 1.29 is 19.4 Å². The molecule has 0 fully saturated rings. The van der Waals surface area contributed by atoms with Crippen LogP contribution in [0.2, 0.25) is 0 Å². The van der Waals surface area contributed by atoms with Crippen LogP contribution in [0.3, 0.4) is 0 Å². The van der Waals surface area contributed by atoms with Crippen molar-refractivity contribution in [1.82, 2.24) is 5.32 Å². The maximum atomic E-state index is 12.3. The number of rotatable bonds is 5. The number of amides is 2. The van der Waals surface area contributed by atoms with Crippen LogP contribution in [0.25, 0.3) is 0 Å². The summed E-state index contributed by atoms with van der Waals surface area (Å²) in [4.78, 5) is 25.1. The van der Waals surface area contributed by atoms with Crippen LogP contribution in [0.1, 0.15) is 18.4 Å². The lowest BCUT2D eigenvalue weighted by Crippen LogP contribution is -2.42. The monoisotopic (exact) mass is 292 g/mol. The van der Waals surface area contributed by atoms with Crippen molar-refractivity contribution in [3.8, 4) is 0 Å². The quantitative estimate of drug-likeness (QED) is 0.865. The van der Waals surface area contributed by atoms with Crippen LogP contribution in [-0.2, 0) is 9.53 Å². The summed E-state index contributed by atoms with van der Waals surface area (Å²) in [6.07, 6.45) is 0. The third kappa shape index (κ3) is 3.33. The van der Waals surface area contributed by atoms with E-state index in [-0.39, 0.29) is 18.5 Å². The molecule has 2 N–H and O–H groups in total. The third-order valence-corrected chi connectivity index (χ3v) is 3.56. The van der Waals surface area contributed by atoms with Gasteiger partial charge in [-0.2, -0.15) is 0 Å². The highest BCUT2D eigenvalue weighted by Gasteiger charge is 2.36. The fraction of sp³-hybridized carbons (Fsp3) is 0.467. The Bertz CT molecular complexity index is 532. The molecule has 1 aliphatic heterocycles. The van der Waals surface area contributed by atoms with E-state index in [2.05, 4.69) is 5.32 Å². The number of fused-ring (bicyclic) bond motifs is 1. The lowest BCUT2D eigenvalue weighted by atomic mass is 10.0. The van der Waals surface area contributed by atoms with E-state index in [0.29, 0.717) is 24.4 Å². The molecule has 0 spiro atoms. The molecule has 2 atom stereocenters. The van der Waals surface area contributed by atoms with E-state index < -0.39 is 11.9 Å². The van der Waals surface area contributed by atoms with E-state index in [4.69, 9.17) is 4.74 Å². The molecule has 1 aliphatic rings. The smallest absolute Gasteiger partial charge is 0.321 e. The summed E-state index contributed by atoms with van der Waals surface area (Å²) in [7, 11) is 1.62. The topological polar surface area (TPSA) is 78.9 Å². The maximum absolute atomic E-state index is 12.3. The molecule has 1 aromatic rings. The first kappa shape index (κ1) is 15.3. The maximum Gasteiger partial charge on any atom is 0.321 e. The van der Waals surface area contributed by atoms with Crippen molar-refractivity contribution in [3.05, 3.63) is 29.8 Å². The van der Waals surface area contributed by atoms with Gasteiger partial charge in [-0.05, 0) is 17.5 Å². The van der Waals surface area contributed by atoms with Crippen molar-refractivity contribution in [1.29, 1.82) is 0 Å². The summed E-state index contributed by atoms with van der Waals surface area (Å²) >= 11 is 0. The van der Waals surface area contributed by atoms with Crippen LogP contribution in [0.4, 0.5) is 10.5 Å². The van der Waals surface area contributed by atoms with E-state index in [1.54, 1.807) is 31.4 Å². The molecule has 2 amide bonds. The highest BCUT2D eigenvalue weighted by molar-refractivity contribution is 5.98. The first-order chi connectivity index (χ1) is 10.0. The van der Waals surface area contributed by atoms with Crippen LogP contribution >= 0.6 is 0 Å². The predicted octanol–water partition coefficient (Wildman–Crippen LogP) is 1.67. The second kappa shape index (κ2) is 6.58. The standard InChI is InChI=1S/C15H20N2O4/c1-10(9-21-2)7-16-15(20)17-8-12(14(18)19)11-5-3-4-6-13(11)17/h3-6,10,12H,7-9H2,1-2H3,(H,16,20)(H,18,19). The molecule has 0 aliphatic carbocycles. The van der Waals surface area contributed by atoms with Crippen LogP contribution in [0.5, 0.6) is 0 Å². The van der Waals surface area contributed by atoms with Gasteiger partial charge in [0.1, 0.15) is 5.92 Å². The van der Waals surface area contributed by atoms with Gasteiger partial charge in [0.05, 0.1) is 6.61 Å². The average molecular weight is 292 g/mol. The fourth-order valence-electron chi connectivity index (χ4n) is 2.51. The molecule has 1 aromatic carbocycles. The molecular weight excluding hydrogens is 272 g/mol. The second-order valence-corrected chi connectivity index (χ2v) is 5.31. The number of aliphatic carboxylic acids is 1. The summed E-state index contributed by atoms with van der Waals surface area (Å²) in [5.74, 6) is -1.37. The lowest BCUT2D eigenvalue weighted by molar-refractivity contribution is -0.138. The fourth-order valence-corrected chi connectivity index (χ4v) is 2.51. The van der Waals surface area contributed by atoms with E-state index in [1.165, 1.54) is 4.90 Å². The number of nitrogens with zero attached hydrogens (tertiary/aromatic N) is 1. The van der Waals surface area contributed by atoms with Gasteiger partial charge in [-0.3, -0.25) is 9.69 Å². The average Bonchev–Trinajstić information content (AvgIpc) is 2.85. The van der Waals surface area contributed by atoms with Crippen LogP contribution in [0, 0.1) is 5.92 Å². The second-order valence-electron chi connectivity index (χ2n) is 5.31. The summed E-state index contributed by atoms with van der Waals surface area (Å²) in [6, 6.07) is 6.85. The molecule has 0 radical (unpaired) electrons. The zero-order valence-electron chi connectivity index (χ0n) is 12.2. The Labute approximate surface area is 123 Å². The Kier molecular flexibility index (Phi) is 4.80. The normalized spacial score (nSPS) is 18.2. The Balaban J connectivity index is 2.07. The summed E-state index contributed by atoms with van der Waals surface area (Å²) in [6.45, 7) is 3.19. The molecule has 2 unspecified atom stereocenters. The van der Waals surface area contributed by atoms with Gasteiger partial charge >= 0.3 is 12.0 Å². The molecule has 0 bridgehead atoms. The van der Waals surface area contributed by atoms with Gasteiger partial charge in [0.2, 0.25) is 0 Å². The molecule has 0 saturated heterocycles. The van der Waals surface area contributed by atoms with E-state index in [0.717, 1.165) is 0 Å². The number of carboxylic acid groups (broad SMARTS) is 1. The number of carbonyl (C=O) groups excluding carboxylic acids is 1. The van der Waals surface area contributed by atoms with E-state index >= 15 is 0 Å². The highest BCUT2D eigenvalue weighted by atomic mass is 16.5. The molecule has 21 heavy (non-hydrogen) atoms. The van der Waals surface area contributed by atoms with Gasteiger partial charge in [-0.15, -0.1) is 0 Å². The van der Waals surface area contributed by atoms with Crippen molar-refractivity contribution in [2.45, 2.75) is 12.8 Å². The van der Waals surface area contributed by atoms with Crippen molar-refractivity contribution >= 4 is 17.7 Å². The van der Waals surface area contributed by atoms with Crippen LogP contribution in [0.15, 0.2) is 24.3 Å². The Morgan fingerprint density at radius 2 is 2.19 bits per heavy atom. The van der Waals surface area contributed by atoms with Gasteiger partial charge in [0, 0.05) is 25.9 Å². The number of methoxy groups -OCH3 is 1. The largest absolute Gasteiger partial charge is 0.481 e. The number of nitrogens with one attached hydrogen (secondary N) is 1. The van der Waals surface area contributed by atoms with Gasteiger partial charge in [0.15, 0.2) is 0 Å². The van der Waals surface area contributed by atoms with Gasteiger partial charge in [0.25, 0.3) is 0 Å². The molecule has 6 nitrogen and oxygen atoms in total. The Morgan fingerprint density at radius 3 is 2.86 bits per heavy atom. The number of para-hydroxylation sites is 1. The van der Waals surface area contributed by atoms with E-state index in [1.807, 2.05) is 6.92 Å². The molecular formula is C15H20N2O4. The number of carbonyl (C=O) groups is 2. The van der Waals surface area contributed by atoms with E-state index in [9.17, 15) is 14.7 Å². The summed E-state index contributed by atoms with van der Waals surface area (Å²) in [5.41, 5.74) is 1.35. The molecule has 2 rings (SSSR count). The number of carboxylic acids is 1. The molecule has 6 heteroatoms. The summed E-state index contributed by atoms with van der Waals surface area (Å²) in [5, 5.41) is 12.1. The minimum atomic E-state index is -0.912. The van der Waals surface area contributed by atoms with Gasteiger partial charge in [-0.25, -0.2) is 4.79 Å². The highest BCUT2D eigenvalue weighted by Crippen LogP contribution is 2.36. The molecule has 0 saturated carbocycles. The Hall–Kier alpha value is -2.08.